The molecule has 2 aromatic rings. The van der Waals surface area contributed by atoms with Gasteiger partial charge in [0, 0.05) is 10.5 Å². The minimum Gasteiger partial charge on any atom is -0.310 e. The van der Waals surface area contributed by atoms with Crippen LogP contribution in [0.5, 0.6) is 0 Å². The molecule has 0 fully saturated rings. The van der Waals surface area contributed by atoms with Gasteiger partial charge in [0.15, 0.2) is 0 Å². The Morgan fingerprint density at radius 2 is 1.71 bits per heavy atom. The van der Waals surface area contributed by atoms with Crippen LogP contribution in [-0.2, 0) is 6.42 Å². The van der Waals surface area contributed by atoms with Crippen molar-refractivity contribution < 1.29 is 8.78 Å². The smallest absolute Gasteiger partial charge is 0.124 e. The third kappa shape index (κ3) is 4.61. The van der Waals surface area contributed by atoms with Crippen LogP contribution >= 0.6 is 15.9 Å². The number of nitrogens with one attached hydrogen (secondary N) is 1. The van der Waals surface area contributed by atoms with Gasteiger partial charge in [0.05, 0.1) is 0 Å². The molecule has 0 bridgehead atoms. The highest BCUT2D eigenvalue weighted by Crippen LogP contribution is 2.27. The Morgan fingerprint density at radius 3 is 2.33 bits per heavy atom. The molecule has 0 saturated heterocycles. The topological polar surface area (TPSA) is 12.0 Å². The number of benzene rings is 2. The first kappa shape index (κ1) is 16.1. The summed E-state index contributed by atoms with van der Waals surface area (Å²) >= 11 is 3.42. The third-order valence-corrected chi connectivity index (χ3v) is 4.02. The van der Waals surface area contributed by atoms with E-state index in [4.69, 9.17) is 0 Å². The van der Waals surface area contributed by atoms with Gasteiger partial charge in [-0.2, -0.15) is 0 Å². The summed E-state index contributed by atoms with van der Waals surface area (Å²) in [6.07, 6.45) is 1.74. The molecule has 4 heteroatoms. The SMILES string of the molecule is CCCNC(Cc1ccc(F)cc1)c1ccc(F)cc1Br. The second kappa shape index (κ2) is 7.66. The second-order valence-electron chi connectivity index (χ2n) is 5.00. The first-order valence-electron chi connectivity index (χ1n) is 7.03. The van der Waals surface area contributed by atoms with Crippen LogP contribution in [-0.4, -0.2) is 6.54 Å². The highest BCUT2D eigenvalue weighted by atomic mass is 79.9. The maximum absolute atomic E-state index is 13.2. The second-order valence-corrected chi connectivity index (χ2v) is 5.86. The molecule has 0 aliphatic heterocycles. The normalized spacial score (nSPS) is 12.4. The average Bonchev–Trinajstić information content (AvgIpc) is 2.46. The summed E-state index contributed by atoms with van der Waals surface area (Å²) in [7, 11) is 0. The quantitative estimate of drug-likeness (QED) is 0.769. The van der Waals surface area contributed by atoms with E-state index < -0.39 is 0 Å². The molecule has 0 aliphatic rings. The third-order valence-electron chi connectivity index (χ3n) is 3.33. The van der Waals surface area contributed by atoms with Crippen LogP contribution in [0.15, 0.2) is 46.9 Å². The number of hydrogen-bond donors (Lipinski definition) is 1. The number of hydrogen-bond acceptors (Lipinski definition) is 1. The molecule has 1 nitrogen and oxygen atoms in total. The molecule has 0 aliphatic carbocycles. The predicted octanol–water partition coefficient (Wildman–Crippen LogP) is 5.01. The van der Waals surface area contributed by atoms with E-state index in [1.807, 2.05) is 0 Å². The molecule has 0 aromatic heterocycles. The fourth-order valence-electron chi connectivity index (χ4n) is 2.25. The fraction of sp³-hybridized carbons (Fsp3) is 0.294. The lowest BCUT2D eigenvalue weighted by atomic mass is 9.98. The van der Waals surface area contributed by atoms with Gasteiger partial charge in [-0.05, 0) is 54.8 Å². The van der Waals surface area contributed by atoms with Crippen LogP contribution in [0.4, 0.5) is 8.78 Å². The van der Waals surface area contributed by atoms with Crippen molar-refractivity contribution in [1.82, 2.24) is 5.32 Å². The monoisotopic (exact) mass is 353 g/mol. The van der Waals surface area contributed by atoms with Crippen LogP contribution in [0.3, 0.4) is 0 Å². The van der Waals surface area contributed by atoms with Gasteiger partial charge in [-0.1, -0.05) is 41.1 Å². The summed E-state index contributed by atoms with van der Waals surface area (Å²) in [6, 6.07) is 11.3. The molecule has 21 heavy (non-hydrogen) atoms. The van der Waals surface area contributed by atoms with E-state index in [1.165, 1.54) is 24.3 Å². The van der Waals surface area contributed by atoms with Crippen LogP contribution in [0.2, 0.25) is 0 Å². The Labute approximate surface area is 132 Å². The maximum atomic E-state index is 13.2. The molecule has 2 aromatic carbocycles. The highest BCUT2D eigenvalue weighted by molar-refractivity contribution is 9.10. The summed E-state index contributed by atoms with van der Waals surface area (Å²) in [6.45, 7) is 2.97. The van der Waals surface area contributed by atoms with Crippen molar-refractivity contribution in [2.45, 2.75) is 25.8 Å². The molecule has 2 rings (SSSR count). The lowest BCUT2D eigenvalue weighted by molar-refractivity contribution is 0.525. The van der Waals surface area contributed by atoms with E-state index >= 15 is 0 Å². The van der Waals surface area contributed by atoms with Crippen molar-refractivity contribution in [3.05, 3.63) is 69.7 Å². The van der Waals surface area contributed by atoms with E-state index in [2.05, 4.69) is 28.2 Å². The van der Waals surface area contributed by atoms with Gasteiger partial charge in [0.25, 0.3) is 0 Å². The largest absolute Gasteiger partial charge is 0.310 e. The molecular weight excluding hydrogens is 336 g/mol. The van der Waals surface area contributed by atoms with Crippen LogP contribution < -0.4 is 5.32 Å². The van der Waals surface area contributed by atoms with E-state index in [0.29, 0.717) is 0 Å². The first-order valence-corrected chi connectivity index (χ1v) is 7.82. The van der Waals surface area contributed by atoms with E-state index in [0.717, 1.165) is 35.0 Å². The molecule has 0 heterocycles. The predicted molar refractivity (Wildman–Crippen MR) is 85.2 cm³/mol. The van der Waals surface area contributed by atoms with Crippen molar-refractivity contribution in [1.29, 1.82) is 0 Å². The maximum Gasteiger partial charge on any atom is 0.124 e. The van der Waals surface area contributed by atoms with Crippen LogP contribution in [0.1, 0.15) is 30.5 Å². The summed E-state index contributed by atoms with van der Waals surface area (Å²) in [4.78, 5) is 0. The molecule has 0 amide bonds. The highest BCUT2D eigenvalue weighted by Gasteiger charge is 2.15. The molecule has 1 atom stereocenters. The fourth-order valence-corrected chi connectivity index (χ4v) is 2.88. The van der Waals surface area contributed by atoms with Gasteiger partial charge in [-0.3, -0.25) is 0 Å². The molecule has 0 saturated carbocycles. The summed E-state index contributed by atoms with van der Waals surface area (Å²) in [5.74, 6) is -0.499. The molecule has 1 N–H and O–H groups in total. The minimum atomic E-state index is -0.262. The molecular formula is C17H18BrF2N. The number of halogens is 3. The first-order chi connectivity index (χ1) is 10.1. The van der Waals surface area contributed by atoms with Crippen LogP contribution in [0, 0.1) is 11.6 Å². The van der Waals surface area contributed by atoms with E-state index in [-0.39, 0.29) is 17.7 Å². The zero-order valence-corrected chi connectivity index (χ0v) is 13.5. The Kier molecular flexibility index (Phi) is 5.88. The van der Waals surface area contributed by atoms with Gasteiger partial charge < -0.3 is 5.32 Å². The van der Waals surface area contributed by atoms with E-state index in [1.54, 1.807) is 18.2 Å². The molecule has 112 valence electrons. The Hall–Kier alpha value is -1.26. The standard InChI is InChI=1S/C17H18BrF2N/c1-2-9-21-17(10-12-3-5-13(19)6-4-12)15-8-7-14(20)11-16(15)18/h3-8,11,17,21H,2,9-10H2,1H3. The lowest BCUT2D eigenvalue weighted by Crippen LogP contribution is -2.24. The van der Waals surface area contributed by atoms with Crippen molar-refractivity contribution in [2.75, 3.05) is 6.54 Å². The summed E-state index contributed by atoms with van der Waals surface area (Å²) < 4.78 is 27.0. The van der Waals surface area contributed by atoms with Gasteiger partial charge in [-0.15, -0.1) is 0 Å². The minimum absolute atomic E-state index is 0.0605. The Morgan fingerprint density at radius 1 is 1.05 bits per heavy atom. The van der Waals surface area contributed by atoms with Gasteiger partial charge in [-0.25, -0.2) is 8.78 Å². The zero-order valence-electron chi connectivity index (χ0n) is 11.9. The Balaban J connectivity index is 2.22. The average molecular weight is 354 g/mol. The van der Waals surface area contributed by atoms with Gasteiger partial charge in [0.1, 0.15) is 11.6 Å². The lowest BCUT2D eigenvalue weighted by Gasteiger charge is -2.20. The van der Waals surface area contributed by atoms with E-state index in [9.17, 15) is 8.78 Å². The zero-order chi connectivity index (χ0) is 15.2. The molecule has 1 unspecified atom stereocenters. The van der Waals surface area contributed by atoms with Crippen molar-refractivity contribution in [3.8, 4) is 0 Å². The molecule has 0 spiro atoms. The number of rotatable bonds is 6. The van der Waals surface area contributed by atoms with Crippen molar-refractivity contribution >= 4 is 15.9 Å². The van der Waals surface area contributed by atoms with Crippen molar-refractivity contribution in [2.24, 2.45) is 0 Å². The van der Waals surface area contributed by atoms with Gasteiger partial charge in [0.2, 0.25) is 0 Å². The molecule has 0 radical (unpaired) electrons. The van der Waals surface area contributed by atoms with Crippen LogP contribution in [0.25, 0.3) is 0 Å². The Bertz CT molecular complexity index is 584. The van der Waals surface area contributed by atoms with Gasteiger partial charge >= 0.3 is 0 Å². The summed E-state index contributed by atoms with van der Waals surface area (Å²) in [5, 5.41) is 3.46. The van der Waals surface area contributed by atoms with Crippen molar-refractivity contribution in [3.63, 3.8) is 0 Å². The summed E-state index contributed by atoms with van der Waals surface area (Å²) in [5.41, 5.74) is 2.05.